The summed E-state index contributed by atoms with van der Waals surface area (Å²) in [4.78, 5) is 4.46. The molecular weight excluding hydrogens is 248 g/mol. The summed E-state index contributed by atoms with van der Waals surface area (Å²) < 4.78 is 5.70. The van der Waals surface area contributed by atoms with E-state index >= 15 is 0 Å². The SMILES string of the molecule is c1ccc(C2(CNc3nc4ccccc4o3)CC2)cc1. The summed E-state index contributed by atoms with van der Waals surface area (Å²) in [6.45, 7) is 0.879. The topological polar surface area (TPSA) is 38.1 Å². The van der Waals surface area contributed by atoms with E-state index in [1.54, 1.807) is 0 Å². The fourth-order valence-corrected chi connectivity index (χ4v) is 2.70. The van der Waals surface area contributed by atoms with Crippen molar-refractivity contribution >= 4 is 17.1 Å². The standard InChI is InChI=1S/C17H16N2O/c1-2-6-13(7-3-1)17(10-11-17)12-18-16-19-14-8-4-5-9-15(14)20-16/h1-9H,10-12H2,(H,18,19). The van der Waals surface area contributed by atoms with Gasteiger partial charge < -0.3 is 9.73 Å². The van der Waals surface area contributed by atoms with Crippen molar-refractivity contribution in [1.29, 1.82) is 0 Å². The van der Waals surface area contributed by atoms with Crippen molar-refractivity contribution in [3.63, 3.8) is 0 Å². The molecule has 0 bridgehead atoms. The molecule has 3 aromatic rings. The molecule has 0 atom stereocenters. The molecule has 20 heavy (non-hydrogen) atoms. The van der Waals surface area contributed by atoms with Crippen molar-refractivity contribution in [3.05, 3.63) is 60.2 Å². The third-order valence-corrected chi connectivity index (χ3v) is 4.11. The first-order chi connectivity index (χ1) is 9.86. The maximum atomic E-state index is 5.70. The average Bonchev–Trinajstić information content (AvgIpc) is 3.18. The van der Waals surface area contributed by atoms with Crippen molar-refractivity contribution < 1.29 is 4.42 Å². The summed E-state index contributed by atoms with van der Waals surface area (Å²) in [6, 6.07) is 19.2. The van der Waals surface area contributed by atoms with Gasteiger partial charge in [-0.15, -0.1) is 0 Å². The molecule has 0 amide bonds. The number of nitrogens with one attached hydrogen (secondary N) is 1. The number of benzene rings is 2. The molecule has 0 radical (unpaired) electrons. The average molecular weight is 264 g/mol. The minimum absolute atomic E-state index is 0.266. The molecule has 1 aromatic heterocycles. The highest BCUT2D eigenvalue weighted by molar-refractivity contribution is 5.74. The van der Waals surface area contributed by atoms with E-state index < -0.39 is 0 Å². The molecule has 0 aliphatic heterocycles. The zero-order valence-electron chi connectivity index (χ0n) is 11.2. The van der Waals surface area contributed by atoms with Crippen LogP contribution in [0.5, 0.6) is 0 Å². The number of rotatable bonds is 4. The van der Waals surface area contributed by atoms with Crippen LogP contribution in [-0.2, 0) is 5.41 Å². The van der Waals surface area contributed by atoms with Gasteiger partial charge in [0, 0.05) is 12.0 Å². The van der Waals surface area contributed by atoms with Crippen molar-refractivity contribution in [3.8, 4) is 0 Å². The lowest BCUT2D eigenvalue weighted by Gasteiger charge is -2.15. The predicted molar refractivity (Wildman–Crippen MR) is 79.9 cm³/mol. The second kappa shape index (κ2) is 4.37. The Bertz CT molecular complexity index is 696. The maximum absolute atomic E-state index is 5.70. The Kier molecular flexibility index (Phi) is 2.52. The van der Waals surface area contributed by atoms with Crippen LogP contribution in [-0.4, -0.2) is 11.5 Å². The van der Waals surface area contributed by atoms with Gasteiger partial charge in [-0.05, 0) is 30.5 Å². The van der Waals surface area contributed by atoms with Crippen LogP contribution in [0.25, 0.3) is 11.1 Å². The highest BCUT2D eigenvalue weighted by atomic mass is 16.4. The second-order valence-electron chi connectivity index (χ2n) is 5.49. The Hall–Kier alpha value is -2.29. The summed E-state index contributed by atoms with van der Waals surface area (Å²) in [6.07, 6.45) is 2.45. The zero-order valence-corrected chi connectivity index (χ0v) is 11.2. The molecule has 1 N–H and O–H groups in total. The third kappa shape index (κ3) is 1.95. The van der Waals surface area contributed by atoms with Gasteiger partial charge in [-0.3, -0.25) is 0 Å². The van der Waals surface area contributed by atoms with E-state index in [1.807, 2.05) is 24.3 Å². The maximum Gasteiger partial charge on any atom is 0.295 e. The second-order valence-corrected chi connectivity index (χ2v) is 5.49. The van der Waals surface area contributed by atoms with Gasteiger partial charge in [0.05, 0.1) is 0 Å². The fraction of sp³-hybridized carbons (Fsp3) is 0.235. The summed E-state index contributed by atoms with van der Waals surface area (Å²) in [7, 11) is 0. The Morgan fingerprint density at radius 3 is 2.50 bits per heavy atom. The molecule has 1 fully saturated rings. The molecule has 3 heteroatoms. The van der Waals surface area contributed by atoms with Crippen LogP contribution in [0.3, 0.4) is 0 Å². The molecule has 100 valence electrons. The summed E-state index contributed by atoms with van der Waals surface area (Å²) >= 11 is 0. The van der Waals surface area contributed by atoms with Gasteiger partial charge in [0.15, 0.2) is 5.58 Å². The largest absolute Gasteiger partial charge is 0.424 e. The fourth-order valence-electron chi connectivity index (χ4n) is 2.70. The lowest BCUT2D eigenvalue weighted by Crippen LogP contribution is -2.19. The van der Waals surface area contributed by atoms with Crippen LogP contribution >= 0.6 is 0 Å². The number of hydrogen-bond donors (Lipinski definition) is 1. The number of fused-ring (bicyclic) bond motifs is 1. The van der Waals surface area contributed by atoms with Gasteiger partial charge in [0.2, 0.25) is 0 Å². The number of oxazole rings is 1. The van der Waals surface area contributed by atoms with Gasteiger partial charge >= 0.3 is 0 Å². The van der Waals surface area contributed by atoms with E-state index in [1.165, 1.54) is 18.4 Å². The molecule has 0 saturated heterocycles. The van der Waals surface area contributed by atoms with E-state index in [0.717, 1.165) is 17.6 Å². The number of nitrogens with zero attached hydrogens (tertiary/aromatic N) is 1. The number of para-hydroxylation sites is 2. The molecule has 3 nitrogen and oxygen atoms in total. The third-order valence-electron chi connectivity index (χ3n) is 4.11. The lowest BCUT2D eigenvalue weighted by atomic mass is 9.96. The first-order valence-electron chi connectivity index (χ1n) is 7.01. The van der Waals surface area contributed by atoms with Crippen LogP contribution in [0.1, 0.15) is 18.4 Å². The van der Waals surface area contributed by atoms with Crippen LogP contribution in [0.15, 0.2) is 59.0 Å². The van der Waals surface area contributed by atoms with Gasteiger partial charge in [-0.25, -0.2) is 0 Å². The quantitative estimate of drug-likeness (QED) is 0.774. The minimum atomic E-state index is 0.266. The normalized spacial score (nSPS) is 16.2. The smallest absolute Gasteiger partial charge is 0.295 e. The van der Waals surface area contributed by atoms with Crippen molar-refractivity contribution in [2.75, 3.05) is 11.9 Å². The molecule has 2 aromatic carbocycles. The van der Waals surface area contributed by atoms with Crippen molar-refractivity contribution in [2.45, 2.75) is 18.3 Å². The van der Waals surface area contributed by atoms with Crippen LogP contribution in [0.4, 0.5) is 6.01 Å². The Morgan fingerprint density at radius 2 is 1.75 bits per heavy atom. The number of hydrogen-bond acceptors (Lipinski definition) is 3. The van der Waals surface area contributed by atoms with Crippen molar-refractivity contribution in [2.24, 2.45) is 0 Å². The minimum Gasteiger partial charge on any atom is -0.424 e. The lowest BCUT2D eigenvalue weighted by molar-refractivity contribution is 0.602. The van der Waals surface area contributed by atoms with E-state index in [0.29, 0.717) is 6.01 Å². The Labute approximate surface area is 117 Å². The van der Waals surface area contributed by atoms with E-state index in [9.17, 15) is 0 Å². The molecule has 1 saturated carbocycles. The summed E-state index contributed by atoms with van der Waals surface area (Å²) in [5, 5.41) is 3.36. The number of aromatic nitrogens is 1. The van der Waals surface area contributed by atoms with Crippen LogP contribution in [0, 0.1) is 0 Å². The molecule has 1 aliphatic rings. The van der Waals surface area contributed by atoms with Gasteiger partial charge in [0.1, 0.15) is 5.52 Å². The molecular formula is C17H16N2O. The van der Waals surface area contributed by atoms with E-state index in [2.05, 4.69) is 40.6 Å². The highest BCUT2D eigenvalue weighted by Crippen LogP contribution is 2.48. The van der Waals surface area contributed by atoms with Gasteiger partial charge in [-0.1, -0.05) is 42.5 Å². The zero-order chi connectivity index (χ0) is 13.4. The Balaban J connectivity index is 1.53. The van der Waals surface area contributed by atoms with Crippen LogP contribution in [0.2, 0.25) is 0 Å². The highest BCUT2D eigenvalue weighted by Gasteiger charge is 2.44. The summed E-state index contributed by atoms with van der Waals surface area (Å²) in [5.74, 6) is 0. The number of anilines is 1. The summed E-state index contributed by atoms with van der Waals surface area (Å²) in [5.41, 5.74) is 3.41. The predicted octanol–water partition coefficient (Wildman–Crippen LogP) is 3.97. The van der Waals surface area contributed by atoms with E-state index in [4.69, 9.17) is 4.42 Å². The van der Waals surface area contributed by atoms with Gasteiger partial charge in [0.25, 0.3) is 6.01 Å². The van der Waals surface area contributed by atoms with Gasteiger partial charge in [-0.2, -0.15) is 4.98 Å². The van der Waals surface area contributed by atoms with E-state index in [-0.39, 0.29) is 5.41 Å². The monoisotopic (exact) mass is 264 g/mol. The molecule has 1 heterocycles. The first kappa shape index (κ1) is 11.5. The molecule has 0 unspecified atom stereocenters. The molecule has 4 rings (SSSR count). The van der Waals surface area contributed by atoms with Crippen molar-refractivity contribution in [1.82, 2.24) is 4.98 Å². The molecule has 1 aliphatic carbocycles. The molecule has 0 spiro atoms. The Morgan fingerprint density at radius 1 is 1.00 bits per heavy atom. The van der Waals surface area contributed by atoms with Crippen LogP contribution < -0.4 is 5.32 Å². The first-order valence-corrected chi connectivity index (χ1v) is 7.01.